The number of amides is 1. The number of carbonyl (C=O) groups excluding carboxylic acids is 1. The third kappa shape index (κ3) is 5.66. The molecular formula is C23H35N5O6S. The number of aliphatic imine (C=N–C) groups is 1. The normalized spacial score (nSPS) is 20.9. The van der Waals surface area contributed by atoms with Gasteiger partial charge in [-0.2, -0.15) is 9.41 Å². The molecule has 1 aromatic rings. The van der Waals surface area contributed by atoms with Crippen molar-refractivity contribution in [1.29, 1.82) is 0 Å². The fourth-order valence-electron chi connectivity index (χ4n) is 4.11. The number of carbonyl (C=O) groups is 1. The molecule has 35 heavy (non-hydrogen) atoms. The van der Waals surface area contributed by atoms with Crippen molar-refractivity contribution >= 4 is 27.6 Å². The zero-order chi connectivity index (χ0) is 25.8. The van der Waals surface area contributed by atoms with Crippen LogP contribution < -0.4 is 10.1 Å². The van der Waals surface area contributed by atoms with Gasteiger partial charge in [0.1, 0.15) is 11.6 Å². The first-order valence-electron chi connectivity index (χ1n) is 11.7. The van der Waals surface area contributed by atoms with E-state index in [4.69, 9.17) is 14.2 Å². The molecule has 0 radical (unpaired) electrons. The van der Waals surface area contributed by atoms with Gasteiger partial charge in [-0.05, 0) is 38.5 Å². The predicted octanol–water partition coefficient (Wildman–Crippen LogP) is 1.43. The molecule has 0 saturated heterocycles. The Kier molecular flexibility index (Phi) is 8.86. The molecule has 0 saturated carbocycles. The molecule has 2 aliphatic heterocycles. The largest absolute Gasteiger partial charge is 0.493 e. The second-order valence-electron chi connectivity index (χ2n) is 8.45. The highest BCUT2D eigenvalue weighted by Gasteiger charge is 2.42. The number of likely N-dealkylation sites (N-methyl/N-ethyl adjacent to an activating group) is 1. The molecule has 1 amide bonds. The van der Waals surface area contributed by atoms with E-state index in [1.54, 1.807) is 11.1 Å². The standard InChI is InChI=1S/C23H35N5O6S/c1-7-9-20-24-15(3)21-23(29)25-22(26-28(20)21)18-12-17(10-11-19(18)34-8-2)35(30,31)27(4)13-16(33-6)14-32-5/h10-12,15-16,21H,7-9,13-14H2,1-6H3,(H,25,26,29)/t15?,16-,21?/m1/s1. The molecule has 3 atom stereocenters. The van der Waals surface area contributed by atoms with Gasteiger partial charge in [0.2, 0.25) is 10.0 Å². The lowest BCUT2D eigenvalue weighted by Crippen LogP contribution is -2.54. The maximum Gasteiger partial charge on any atom is 0.252 e. The average Bonchev–Trinajstić information content (AvgIpc) is 3.14. The Morgan fingerprint density at radius 2 is 2.00 bits per heavy atom. The van der Waals surface area contributed by atoms with E-state index in [0.717, 1.165) is 12.3 Å². The summed E-state index contributed by atoms with van der Waals surface area (Å²) >= 11 is 0. The molecular weight excluding hydrogens is 474 g/mol. The Labute approximate surface area is 207 Å². The van der Waals surface area contributed by atoms with Gasteiger partial charge >= 0.3 is 0 Å². The minimum Gasteiger partial charge on any atom is -0.493 e. The van der Waals surface area contributed by atoms with Crippen LogP contribution in [0.1, 0.15) is 39.2 Å². The maximum absolute atomic E-state index is 13.4. The highest BCUT2D eigenvalue weighted by atomic mass is 32.2. The van der Waals surface area contributed by atoms with Gasteiger partial charge in [0, 0.05) is 34.2 Å². The van der Waals surface area contributed by atoms with E-state index in [-0.39, 0.29) is 35.8 Å². The molecule has 0 bridgehead atoms. The Balaban J connectivity index is 2.01. The molecule has 1 N–H and O–H groups in total. The molecule has 0 aliphatic carbocycles. The number of benzene rings is 1. The summed E-state index contributed by atoms with van der Waals surface area (Å²) in [6, 6.07) is 3.78. The Hall–Kier alpha value is -2.54. The van der Waals surface area contributed by atoms with Crippen LogP contribution in [-0.4, -0.2) is 94.5 Å². The Morgan fingerprint density at radius 1 is 1.26 bits per heavy atom. The Bertz CT molecular complexity index is 1090. The third-order valence-electron chi connectivity index (χ3n) is 5.89. The molecule has 3 rings (SSSR count). The second kappa shape index (κ2) is 11.5. The highest BCUT2D eigenvalue weighted by Crippen LogP contribution is 2.29. The SMILES string of the molecule is CCCC1=NC(C)C2C(=O)NC(c3cc(S(=O)(=O)N(C)C[C@H](COC)OC)ccc3OCC)=NN12. The smallest absolute Gasteiger partial charge is 0.252 e. The van der Waals surface area contributed by atoms with Crippen molar-refractivity contribution in [2.24, 2.45) is 10.1 Å². The number of hydrogen-bond acceptors (Lipinski definition) is 9. The number of amidine groups is 2. The summed E-state index contributed by atoms with van der Waals surface area (Å²) in [5, 5.41) is 9.16. The van der Waals surface area contributed by atoms with Crippen molar-refractivity contribution in [1.82, 2.24) is 14.6 Å². The van der Waals surface area contributed by atoms with Crippen molar-refractivity contribution in [3.05, 3.63) is 23.8 Å². The second-order valence-corrected chi connectivity index (χ2v) is 10.5. The highest BCUT2D eigenvalue weighted by molar-refractivity contribution is 7.89. The van der Waals surface area contributed by atoms with Crippen LogP contribution in [0.25, 0.3) is 0 Å². The predicted molar refractivity (Wildman–Crippen MR) is 132 cm³/mol. The van der Waals surface area contributed by atoms with Crippen molar-refractivity contribution < 1.29 is 27.4 Å². The lowest BCUT2D eigenvalue weighted by atomic mass is 10.1. The number of ether oxygens (including phenoxy) is 3. The van der Waals surface area contributed by atoms with Crippen LogP contribution in [0.4, 0.5) is 0 Å². The summed E-state index contributed by atoms with van der Waals surface area (Å²) in [4.78, 5) is 17.6. The van der Waals surface area contributed by atoms with E-state index in [2.05, 4.69) is 15.4 Å². The molecule has 12 heteroatoms. The fourth-order valence-corrected chi connectivity index (χ4v) is 5.34. The Morgan fingerprint density at radius 3 is 2.63 bits per heavy atom. The summed E-state index contributed by atoms with van der Waals surface area (Å²) < 4.78 is 44.1. The number of methoxy groups -OCH3 is 2. The lowest BCUT2D eigenvalue weighted by Gasteiger charge is -2.30. The first-order chi connectivity index (χ1) is 16.7. The van der Waals surface area contributed by atoms with Crippen molar-refractivity contribution in [3.63, 3.8) is 0 Å². The summed E-state index contributed by atoms with van der Waals surface area (Å²) in [5.74, 6) is 1.14. The minimum absolute atomic E-state index is 0.0436. The van der Waals surface area contributed by atoms with Crippen molar-refractivity contribution in [2.45, 2.75) is 56.7 Å². The summed E-state index contributed by atoms with van der Waals surface area (Å²) in [6.45, 7) is 6.47. The quantitative estimate of drug-likeness (QED) is 0.452. The monoisotopic (exact) mass is 509 g/mol. The zero-order valence-electron chi connectivity index (χ0n) is 21.1. The van der Waals surface area contributed by atoms with Crippen LogP contribution in [0, 0.1) is 0 Å². The molecule has 0 spiro atoms. The molecule has 2 aliphatic rings. The fraction of sp³-hybridized carbons (Fsp3) is 0.609. The summed E-state index contributed by atoms with van der Waals surface area (Å²) in [6.07, 6.45) is 1.12. The first-order valence-corrected chi connectivity index (χ1v) is 13.1. The number of rotatable bonds is 12. The first kappa shape index (κ1) is 27.1. The van der Waals surface area contributed by atoms with Crippen LogP contribution in [0.2, 0.25) is 0 Å². The number of nitrogens with one attached hydrogen (secondary N) is 1. The van der Waals surface area contributed by atoms with Gasteiger partial charge in [-0.15, -0.1) is 0 Å². The average molecular weight is 510 g/mol. The van der Waals surface area contributed by atoms with Crippen LogP contribution >= 0.6 is 0 Å². The molecule has 11 nitrogen and oxygen atoms in total. The summed E-state index contributed by atoms with van der Waals surface area (Å²) in [7, 11) is 0.640. The molecule has 0 fully saturated rings. The van der Waals surface area contributed by atoms with E-state index in [1.165, 1.54) is 37.7 Å². The number of hydrogen-bond donors (Lipinski definition) is 1. The molecule has 2 heterocycles. The number of fused-ring (bicyclic) bond motifs is 1. The van der Waals surface area contributed by atoms with Crippen molar-refractivity contribution in [2.75, 3.05) is 41.0 Å². The van der Waals surface area contributed by atoms with Gasteiger partial charge in [0.05, 0.1) is 35.8 Å². The van der Waals surface area contributed by atoms with Crippen LogP contribution in [0.5, 0.6) is 5.75 Å². The molecule has 1 aromatic carbocycles. The molecule has 194 valence electrons. The molecule has 2 unspecified atom stereocenters. The third-order valence-corrected chi connectivity index (χ3v) is 7.71. The van der Waals surface area contributed by atoms with Gasteiger partial charge in [0.25, 0.3) is 5.91 Å². The van der Waals surface area contributed by atoms with E-state index in [0.29, 0.717) is 24.3 Å². The van der Waals surface area contributed by atoms with Gasteiger partial charge in [-0.3, -0.25) is 9.79 Å². The maximum atomic E-state index is 13.4. The van der Waals surface area contributed by atoms with Gasteiger partial charge in [-0.1, -0.05) is 6.92 Å². The minimum atomic E-state index is -3.88. The summed E-state index contributed by atoms with van der Waals surface area (Å²) in [5.41, 5.74) is 0.378. The van der Waals surface area contributed by atoms with Crippen LogP contribution in [0.15, 0.2) is 33.2 Å². The van der Waals surface area contributed by atoms with E-state index in [9.17, 15) is 13.2 Å². The van der Waals surface area contributed by atoms with E-state index in [1.807, 2.05) is 20.8 Å². The number of nitrogens with zero attached hydrogens (tertiary/aromatic N) is 4. The van der Waals surface area contributed by atoms with Gasteiger partial charge in [-0.25, -0.2) is 13.4 Å². The number of hydrazone groups is 1. The zero-order valence-corrected chi connectivity index (χ0v) is 22.0. The topological polar surface area (TPSA) is 122 Å². The van der Waals surface area contributed by atoms with Crippen LogP contribution in [0.3, 0.4) is 0 Å². The lowest BCUT2D eigenvalue weighted by molar-refractivity contribution is -0.124. The van der Waals surface area contributed by atoms with E-state index >= 15 is 0 Å². The van der Waals surface area contributed by atoms with Gasteiger partial charge in [0.15, 0.2) is 11.9 Å². The number of sulfonamides is 1. The van der Waals surface area contributed by atoms with Gasteiger partial charge < -0.3 is 19.5 Å². The molecule has 0 aromatic heterocycles. The van der Waals surface area contributed by atoms with E-state index < -0.39 is 22.2 Å². The van der Waals surface area contributed by atoms with Crippen LogP contribution in [-0.2, 0) is 24.3 Å². The van der Waals surface area contributed by atoms with Crippen molar-refractivity contribution in [3.8, 4) is 5.75 Å².